The molecule has 56 valence electrons. The third-order valence-corrected chi connectivity index (χ3v) is 3.20. The molecule has 0 N–H and O–H groups in total. The van der Waals surface area contributed by atoms with Gasteiger partial charge in [0.25, 0.3) is 0 Å². The summed E-state index contributed by atoms with van der Waals surface area (Å²) in [7, 11) is 0. The zero-order chi connectivity index (χ0) is 7.84. The molecule has 2 rings (SSSR count). The SMILES string of the molecule is [B][I-]c1nnc2sc(C)nn12. The number of nitrogens with zero attached hydrogens (tertiary/aromatic N) is 4. The fourth-order valence-electron chi connectivity index (χ4n) is 0.757. The third-order valence-electron chi connectivity index (χ3n) is 1.15. The molecule has 0 bridgehead atoms. The number of aromatic nitrogens is 4. The molecule has 4 nitrogen and oxygen atoms in total. The van der Waals surface area contributed by atoms with E-state index in [-0.39, 0.29) is 0 Å². The van der Waals surface area contributed by atoms with Crippen LogP contribution in [0.3, 0.4) is 0 Å². The van der Waals surface area contributed by atoms with Crippen LogP contribution in [0.25, 0.3) is 4.96 Å². The fourth-order valence-corrected chi connectivity index (χ4v) is 2.44. The van der Waals surface area contributed by atoms with E-state index in [2.05, 4.69) is 15.3 Å². The van der Waals surface area contributed by atoms with Gasteiger partial charge in [0.15, 0.2) is 0 Å². The Labute approximate surface area is 78.4 Å². The first-order valence-electron chi connectivity index (χ1n) is 2.83. The van der Waals surface area contributed by atoms with Crippen LogP contribution in [0.1, 0.15) is 5.01 Å². The summed E-state index contributed by atoms with van der Waals surface area (Å²) >= 11 is 1.02. The molecule has 0 aliphatic rings. The van der Waals surface area contributed by atoms with Crippen molar-refractivity contribution in [1.82, 2.24) is 19.8 Å². The topological polar surface area (TPSA) is 43.1 Å². The molecule has 0 aliphatic carbocycles. The summed E-state index contributed by atoms with van der Waals surface area (Å²) in [5, 5.41) is 13.0. The Morgan fingerprint density at radius 3 is 3.09 bits per heavy atom. The Bertz CT molecular complexity index is 382. The Kier molecular flexibility index (Phi) is 1.84. The first-order chi connectivity index (χ1) is 5.31. The molecule has 0 unspecified atom stereocenters. The van der Waals surface area contributed by atoms with Crippen molar-refractivity contribution in [2.45, 2.75) is 6.92 Å². The molecule has 7 heteroatoms. The van der Waals surface area contributed by atoms with Gasteiger partial charge in [0.2, 0.25) is 0 Å². The predicted octanol–water partition coefficient (Wildman–Crippen LogP) is -3.16. The van der Waals surface area contributed by atoms with Gasteiger partial charge in [0, 0.05) is 0 Å². The van der Waals surface area contributed by atoms with Gasteiger partial charge in [-0.1, -0.05) is 0 Å². The van der Waals surface area contributed by atoms with E-state index in [1.807, 2.05) is 6.92 Å². The van der Waals surface area contributed by atoms with Crippen molar-refractivity contribution < 1.29 is 21.0 Å². The Morgan fingerprint density at radius 1 is 1.55 bits per heavy atom. The van der Waals surface area contributed by atoms with Gasteiger partial charge in [0.1, 0.15) is 0 Å². The van der Waals surface area contributed by atoms with Gasteiger partial charge < -0.3 is 0 Å². The maximum absolute atomic E-state index is 5.52. The van der Waals surface area contributed by atoms with Gasteiger partial charge >= 0.3 is 78.6 Å². The van der Waals surface area contributed by atoms with Gasteiger partial charge in [-0.05, 0) is 0 Å². The molecule has 2 heterocycles. The van der Waals surface area contributed by atoms with Crippen molar-refractivity contribution in [1.29, 1.82) is 0 Å². The summed E-state index contributed by atoms with van der Waals surface area (Å²) in [5.41, 5.74) is 5.52. The van der Waals surface area contributed by atoms with Gasteiger partial charge in [-0.2, -0.15) is 0 Å². The van der Waals surface area contributed by atoms with Crippen LogP contribution in [0, 0.1) is 10.8 Å². The molecular formula is C4H3BIN4S-. The molecule has 0 saturated carbocycles. The molecule has 0 amide bonds. The summed E-state index contributed by atoms with van der Waals surface area (Å²) in [6.07, 6.45) is 0. The van der Waals surface area contributed by atoms with Crippen LogP contribution >= 0.6 is 11.3 Å². The second-order valence-electron chi connectivity index (χ2n) is 1.89. The van der Waals surface area contributed by atoms with Crippen molar-refractivity contribution in [3.8, 4) is 0 Å². The molecule has 0 saturated heterocycles. The van der Waals surface area contributed by atoms with Gasteiger partial charge in [-0.3, -0.25) is 0 Å². The number of hydrogen-bond acceptors (Lipinski definition) is 4. The molecule has 0 aromatic carbocycles. The van der Waals surface area contributed by atoms with Crippen LogP contribution in [0.4, 0.5) is 0 Å². The fraction of sp³-hybridized carbons (Fsp3) is 0.250. The van der Waals surface area contributed by atoms with Crippen molar-refractivity contribution in [2.24, 2.45) is 0 Å². The Hall–Kier alpha value is -0.175. The number of aryl methyl sites for hydroxylation is 1. The average molecular weight is 277 g/mol. The normalized spacial score (nSPS) is 11.4. The zero-order valence-corrected chi connectivity index (χ0v) is 8.63. The first kappa shape index (κ1) is 7.47. The van der Waals surface area contributed by atoms with Crippen LogP contribution in [-0.2, 0) is 0 Å². The molecule has 2 aromatic rings. The summed E-state index contributed by atoms with van der Waals surface area (Å²) in [6, 6.07) is 0. The van der Waals surface area contributed by atoms with Gasteiger partial charge in [-0.15, -0.1) is 0 Å². The van der Waals surface area contributed by atoms with Crippen molar-refractivity contribution >= 4 is 22.0 Å². The summed E-state index contributed by atoms with van der Waals surface area (Å²) in [6.45, 7) is 1.94. The van der Waals surface area contributed by atoms with Crippen LogP contribution in [0.5, 0.6) is 0 Å². The molecule has 0 fully saturated rings. The van der Waals surface area contributed by atoms with E-state index in [9.17, 15) is 0 Å². The van der Waals surface area contributed by atoms with E-state index >= 15 is 0 Å². The molecule has 0 spiro atoms. The van der Waals surface area contributed by atoms with E-state index in [4.69, 9.17) is 5.70 Å². The molecular weight excluding hydrogens is 274 g/mol. The number of halogens is 1. The third kappa shape index (κ3) is 1.15. The van der Waals surface area contributed by atoms with Gasteiger partial charge in [0.05, 0.1) is 0 Å². The van der Waals surface area contributed by atoms with E-state index < -0.39 is 21.0 Å². The Balaban J connectivity index is 2.73. The van der Waals surface area contributed by atoms with Gasteiger partial charge in [-0.25, -0.2) is 0 Å². The maximum atomic E-state index is 5.52. The van der Waals surface area contributed by atoms with Crippen LogP contribution in [0.15, 0.2) is 0 Å². The number of fused-ring (bicyclic) bond motifs is 1. The van der Waals surface area contributed by atoms with Crippen LogP contribution in [0.2, 0.25) is 0 Å². The number of hydrogen-bond donors (Lipinski definition) is 0. The van der Waals surface area contributed by atoms with Crippen molar-refractivity contribution in [2.75, 3.05) is 0 Å². The molecule has 2 aromatic heterocycles. The Morgan fingerprint density at radius 2 is 2.36 bits per heavy atom. The van der Waals surface area contributed by atoms with Crippen LogP contribution < -0.4 is 21.0 Å². The number of rotatable bonds is 1. The van der Waals surface area contributed by atoms with E-state index in [1.54, 1.807) is 4.52 Å². The molecule has 11 heavy (non-hydrogen) atoms. The molecule has 0 aliphatic heterocycles. The van der Waals surface area contributed by atoms with E-state index in [0.717, 1.165) is 13.8 Å². The first-order valence-corrected chi connectivity index (χ1v) is 5.97. The van der Waals surface area contributed by atoms with Crippen molar-refractivity contribution in [3.63, 3.8) is 0 Å². The summed E-state index contributed by atoms with van der Waals surface area (Å²) in [4.78, 5) is 0.836. The second-order valence-corrected chi connectivity index (χ2v) is 4.64. The quantitative estimate of drug-likeness (QED) is 0.408. The van der Waals surface area contributed by atoms with Crippen LogP contribution in [-0.4, -0.2) is 25.5 Å². The van der Waals surface area contributed by atoms with Crippen molar-refractivity contribution in [3.05, 3.63) is 8.84 Å². The standard InChI is InChI=1S/C4H3BIN4S/c1-2-9-10-3(6-5)7-8-4(10)11-2/h1H3/q-1. The average Bonchev–Trinajstić information content (AvgIpc) is 2.45. The predicted molar refractivity (Wildman–Crippen MR) is 37.8 cm³/mol. The summed E-state index contributed by atoms with van der Waals surface area (Å²) < 4.78 is 2.55. The molecule has 0 atom stereocenters. The zero-order valence-electron chi connectivity index (χ0n) is 5.65. The monoisotopic (exact) mass is 277 g/mol. The van der Waals surface area contributed by atoms with E-state index in [1.165, 1.54) is 11.3 Å². The minimum atomic E-state index is -0.508. The minimum absolute atomic E-state index is 0.508. The second kappa shape index (κ2) is 2.70. The van der Waals surface area contributed by atoms with E-state index in [0.29, 0.717) is 0 Å². The summed E-state index contributed by atoms with van der Waals surface area (Å²) in [5.74, 6) is 0. The molecule has 2 radical (unpaired) electrons.